The van der Waals surface area contributed by atoms with Crippen molar-refractivity contribution in [1.82, 2.24) is 9.62 Å². The van der Waals surface area contributed by atoms with Crippen molar-refractivity contribution in [2.45, 2.75) is 24.3 Å². The average molecular weight is 435 g/mol. The molecular formula is C21H26N2O6S. The maximum atomic E-state index is 12.6. The minimum atomic E-state index is -3.51. The van der Waals surface area contributed by atoms with Gasteiger partial charge in [-0.1, -0.05) is 18.2 Å². The van der Waals surface area contributed by atoms with Crippen molar-refractivity contribution in [2.75, 3.05) is 33.4 Å². The van der Waals surface area contributed by atoms with E-state index >= 15 is 0 Å². The number of methoxy groups -OCH3 is 1. The van der Waals surface area contributed by atoms with E-state index in [1.54, 1.807) is 36.4 Å². The Morgan fingerprint density at radius 3 is 2.47 bits per heavy atom. The van der Waals surface area contributed by atoms with Crippen LogP contribution in [-0.2, 0) is 32.5 Å². The summed E-state index contributed by atoms with van der Waals surface area (Å²) in [5, 5.41) is 12.4. The summed E-state index contributed by atoms with van der Waals surface area (Å²) in [4.78, 5) is 12.4. The van der Waals surface area contributed by atoms with Gasteiger partial charge in [0.15, 0.2) is 11.5 Å². The Kier molecular flexibility index (Phi) is 7.30. The number of sulfonamides is 1. The Morgan fingerprint density at radius 1 is 1.13 bits per heavy atom. The highest BCUT2D eigenvalue weighted by molar-refractivity contribution is 7.89. The quantitative estimate of drug-likeness (QED) is 0.655. The zero-order valence-electron chi connectivity index (χ0n) is 16.8. The second kappa shape index (κ2) is 9.92. The fourth-order valence-electron chi connectivity index (χ4n) is 3.14. The van der Waals surface area contributed by atoms with Crippen molar-refractivity contribution in [3.8, 4) is 11.5 Å². The van der Waals surface area contributed by atoms with E-state index in [1.807, 2.05) is 0 Å². The Morgan fingerprint density at radius 2 is 1.80 bits per heavy atom. The summed E-state index contributed by atoms with van der Waals surface area (Å²) in [7, 11) is -2.05. The summed E-state index contributed by atoms with van der Waals surface area (Å²) in [5.41, 5.74) is 1.70. The largest absolute Gasteiger partial charge is 0.504 e. The van der Waals surface area contributed by atoms with E-state index in [2.05, 4.69) is 5.32 Å². The van der Waals surface area contributed by atoms with Crippen molar-refractivity contribution in [2.24, 2.45) is 0 Å². The number of carbonyl (C=O) groups excluding carboxylic acids is 1. The summed E-state index contributed by atoms with van der Waals surface area (Å²) in [6, 6.07) is 11.6. The molecule has 9 heteroatoms. The van der Waals surface area contributed by atoms with Crippen molar-refractivity contribution in [3.63, 3.8) is 0 Å². The highest BCUT2D eigenvalue weighted by atomic mass is 32.2. The maximum Gasteiger partial charge on any atom is 0.243 e. The molecule has 0 radical (unpaired) electrons. The molecule has 1 heterocycles. The maximum absolute atomic E-state index is 12.6. The number of amides is 1. The van der Waals surface area contributed by atoms with Gasteiger partial charge in [-0.05, 0) is 41.8 Å². The number of morpholine rings is 1. The molecule has 1 amide bonds. The summed E-state index contributed by atoms with van der Waals surface area (Å²) in [6.45, 7) is 1.85. The van der Waals surface area contributed by atoms with Gasteiger partial charge in [-0.25, -0.2) is 8.42 Å². The Balaban J connectivity index is 1.50. The number of nitrogens with zero attached hydrogens (tertiary/aromatic N) is 1. The Bertz CT molecular complexity index is 969. The minimum absolute atomic E-state index is 0.0478. The van der Waals surface area contributed by atoms with Gasteiger partial charge in [0, 0.05) is 26.1 Å². The lowest BCUT2D eigenvalue weighted by Gasteiger charge is -2.26. The predicted molar refractivity (Wildman–Crippen MR) is 111 cm³/mol. The fraction of sp³-hybridized carbons (Fsp3) is 0.381. The van der Waals surface area contributed by atoms with Crippen LogP contribution in [0.25, 0.3) is 0 Å². The number of hydrogen-bond donors (Lipinski definition) is 2. The third kappa shape index (κ3) is 5.50. The molecule has 0 unspecified atom stereocenters. The molecule has 2 aromatic carbocycles. The third-order valence-electron chi connectivity index (χ3n) is 4.91. The van der Waals surface area contributed by atoms with Crippen LogP contribution in [0.3, 0.4) is 0 Å². The van der Waals surface area contributed by atoms with E-state index in [0.717, 1.165) is 11.1 Å². The molecule has 8 nitrogen and oxygen atoms in total. The number of phenols is 1. The van der Waals surface area contributed by atoms with Crippen molar-refractivity contribution < 1.29 is 27.8 Å². The summed E-state index contributed by atoms with van der Waals surface area (Å²) in [6.07, 6.45) is 0.785. The second-order valence-corrected chi connectivity index (χ2v) is 8.88. The van der Waals surface area contributed by atoms with Crippen LogP contribution in [0, 0.1) is 0 Å². The molecule has 0 aromatic heterocycles. The van der Waals surface area contributed by atoms with Crippen LogP contribution in [0.15, 0.2) is 47.4 Å². The number of aromatic hydroxyl groups is 1. The van der Waals surface area contributed by atoms with Crippen LogP contribution in [0.2, 0.25) is 0 Å². The van der Waals surface area contributed by atoms with Crippen molar-refractivity contribution >= 4 is 15.9 Å². The number of hydrogen-bond acceptors (Lipinski definition) is 6. The molecule has 2 N–H and O–H groups in total. The van der Waals surface area contributed by atoms with Gasteiger partial charge in [0.2, 0.25) is 15.9 Å². The van der Waals surface area contributed by atoms with Gasteiger partial charge >= 0.3 is 0 Å². The molecule has 0 bridgehead atoms. The highest BCUT2D eigenvalue weighted by Crippen LogP contribution is 2.26. The monoisotopic (exact) mass is 434 g/mol. The molecule has 0 spiro atoms. The lowest BCUT2D eigenvalue weighted by Crippen LogP contribution is -2.40. The van der Waals surface area contributed by atoms with Crippen LogP contribution in [0.5, 0.6) is 11.5 Å². The average Bonchev–Trinajstić information content (AvgIpc) is 2.78. The standard InChI is InChI=1S/C21H26N2O6S/c1-28-20-14-17(4-8-19(20)24)15-22-21(25)9-5-16-2-6-18(7-3-16)30(26,27)23-10-12-29-13-11-23/h2-4,6-8,14,24H,5,9-13,15H2,1H3,(H,22,25). The van der Waals surface area contributed by atoms with Gasteiger partial charge < -0.3 is 19.9 Å². The van der Waals surface area contributed by atoms with Gasteiger partial charge in [0.25, 0.3) is 0 Å². The predicted octanol–water partition coefficient (Wildman–Crippen LogP) is 1.67. The van der Waals surface area contributed by atoms with E-state index in [0.29, 0.717) is 45.0 Å². The van der Waals surface area contributed by atoms with Crippen LogP contribution >= 0.6 is 0 Å². The minimum Gasteiger partial charge on any atom is -0.504 e. The first kappa shape index (κ1) is 22.1. The van der Waals surface area contributed by atoms with E-state index < -0.39 is 10.0 Å². The van der Waals surface area contributed by atoms with Crippen LogP contribution in [0.4, 0.5) is 0 Å². The third-order valence-corrected chi connectivity index (χ3v) is 6.82. The summed E-state index contributed by atoms with van der Waals surface area (Å²) in [5.74, 6) is 0.285. The first-order chi connectivity index (χ1) is 14.4. The lowest BCUT2D eigenvalue weighted by atomic mass is 10.1. The number of phenolic OH excluding ortho intramolecular Hbond substituents is 1. The van der Waals surface area contributed by atoms with Gasteiger partial charge in [0.1, 0.15) is 0 Å². The zero-order chi connectivity index (χ0) is 21.6. The Labute approximate surface area is 176 Å². The molecule has 0 aliphatic carbocycles. The molecule has 1 saturated heterocycles. The number of benzene rings is 2. The molecule has 162 valence electrons. The first-order valence-electron chi connectivity index (χ1n) is 9.69. The molecular weight excluding hydrogens is 408 g/mol. The Hall–Kier alpha value is -2.62. The van der Waals surface area contributed by atoms with Crippen LogP contribution in [0.1, 0.15) is 17.5 Å². The number of carbonyl (C=O) groups is 1. The molecule has 1 aliphatic heterocycles. The SMILES string of the molecule is COc1cc(CNC(=O)CCc2ccc(S(=O)(=O)N3CCOCC3)cc2)ccc1O. The zero-order valence-corrected chi connectivity index (χ0v) is 17.7. The summed E-state index contributed by atoms with van der Waals surface area (Å²) >= 11 is 0. The molecule has 3 rings (SSSR count). The number of nitrogens with one attached hydrogen (secondary N) is 1. The van der Waals surface area contributed by atoms with Gasteiger partial charge in [0.05, 0.1) is 25.2 Å². The van der Waals surface area contributed by atoms with E-state index in [-0.39, 0.29) is 23.0 Å². The van der Waals surface area contributed by atoms with Crippen LogP contribution in [-0.4, -0.2) is 57.1 Å². The summed E-state index contributed by atoms with van der Waals surface area (Å²) < 4.78 is 37.0. The smallest absolute Gasteiger partial charge is 0.243 e. The molecule has 0 saturated carbocycles. The van der Waals surface area contributed by atoms with E-state index in [4.69, 9.17) is 9.47 Å². The van der Waals surface area contributed by atoms with Gasteiger partial charge in [-0.2, -0.15) is 4.31 Å². The fourth-order valence-corrected chi connectivity index (χ4v) is 4.55. The van der Waals surface area contributed by atoms with E-state index in [1.165, 1.54) is 17.5 Å². The van der Waals surface area contributed by atoms with Gasteiger partial charge in [-0.3, -0.25) is 4.79 Å². The molecule has 2 aromatic rings. The highest BCUT2D eigenvalue weighted by Gasteiger charge is 2.26. The molecule has 30 heavy (non-hydrogen) atoms. The first-order valence-corrected chi connectivity index (χ1v) is 11.1. The van der Waals surface area contributed by atoms with Gasteiger partial charge in [-0.15, -0.1) is 0 Å². The normalized spacial score (nSPS) is 15.0. The van der Waals surface area contributed by atoms with Crippen molar-refractivity contribution in [3.05, 3.63) is 53.6 Å². The number of aryl methyl sites for hydroxylation is 1. The molecule has 0 atom stereocenters. The van der Waals surface area contributed by atoms with E-state index in [9.17, 15) is 18.3 Å². The number of ether oxygens (including phenoxy) is 2. The molecule has 1 aliphatic rings. The number of rotatable bonds is 8. The molecule has 1 fully saturated rings. The topological polar surface area (TPSA) is 105 Å². The second-order valence-electron chi connectivity index (χ2n) is 6.94. The van der Waals surface area contributed by atoms with Crippen LogP contribution < -0.4 is 10.1 Å². The lowest BCUT2D eigenvalue weighted by molar-refractivity contribution is -0.121. The van der Waals surface area contributed by atoms with Crippen molar-refractivity contribution in [1.29, 1.82) is 0 Å².